The Labute approximate surface area is 89.2 Å². The largest absolute Gasteiger partial charge is 0.481 e. The van der Waals surface area contributed by atoms with Gasteiger partial charge in [-0.05, 0) is 12.8 Å². The van der Waals surface area contributed by atoms with Crippen LogP contribution in [0.5, 0.6) is 0 Å². The first-order chi connectivity index (χ1) is 6.77. The molecule has 6 nitrogen and oxygen atoms in total. The van der Waals surface area contributed by atoms with E-state index in [0.717, 1.165) is 20.3 Å². The van der Waals surface area contributed by atoms with Crippen LogP contribution in [0.15, 0.2) is 0 Å². The van der Waals surface area contributed by atoms with E-state index >= 15 is 0 Å². The van der Waals surface area contributed by atoms with E-state index in [9.17, 15) is 0 Å². The summed E-state index contributed by atoms with van der Waals surface area (Å²) in [4.78, 5) is 18.0. The van der Waals surface area contributed by atoms with Crippen molar-refractivity contribution in [1.82, 2.24) is 0 Å². The number of hydrogen-bond donors (Lipinski definition) is 4. The fourth-order valence-electron chi connectivity index (χ4n) is 0.353. The molecule has 0 spiro atoms. The predicted octanol–water partition coefficient (Wildman–Crippen LogP) is 0.321. The minimum absolute atomic E-state index is 0.0923. The zero-order chi connectivity index (χ0) is 12.9. The average Bonchev–Trinajstić information content (AvgIpc) is 2.02. The standard InChI is InChI=1S/C5H12O2.2C2H4O2/c1-2-5(7)3-4-6;2*1-2(3)4/h5-7H,2-4H2,1H3;2*1H3,(H,3,4). The molecule has 0 heterocycles. The number of aliphatic hydroxyl groups is 2. The molecule has 0 saturated carbocycles. The van der Waals surface area contributed by atoms with Crippen LogP contribution in [0.2, 0.25) is 0 Å². The topological polar surface area (TPSA) is 115 Å². The summed E-state index contributed by atoms with van der Waals surface area (Å²) in [6, 6.07) is 0. The normalized spacial score (nSPS) is 9.93. The molecule has 1 unspecified atom stereocenters. The van der Waals surface area contributed by atoms with Crippen molar-refractivity contribution in [3.8, 4) is 0 Å². The Morgan fingerprint density at radius 3 is 1.47 bits per heavy atom. The molecule has 0 radical (unpaired) electrons. The van der Waals surface area contributed by atoms with Crippen molar-refractivity contribution in [2.75, 3.05) is 6.61 Å². The molecular weight excluding hydrogens is 204 g/mol. The van der Waals surface area contributed by atoms with Crippen molar-refractivity contribution < 1.29 is 30.0 Å². The van der Waals surface area contributed by atoms with E-state index < -0.39 is 11.9 Å². The molecule has 0 rings (SSSR count). The highest BCUT2D eigenvalue weighted by Crippen LogP contribution is 1.92. The Balaban J connectivity index is -0.000000155. The number of rotatable bonds is 3. The average molecular weight is 224 g/mol. The van der Waals surface area contributed by atoms with Gasteiger partial charge in [-0.1, -0.05) is 6.92 Å². The fourth-order valence-corrected chi connectivity index (χ4v) is 0.353. The highest BCUT2D eigenvalue weighted by molar-refractivity contribution is 5.63. The third-order valence-corrected chi connectivity index (χ3v) is 0.934. The van der Waals surface area contributed by atoms with E-state index in [1.807, 2.05) is 6.92 Å². The summed E-state index contributed by atoms with van der Waals surface area (Å²) >= 11 is 0. The van der Waals surface area contributed by atoms with Crippen LogP contribution in [0, 0.1) is 0 Å². The minimum Gasteiger partial charge on any atom is -0.481 e. The van der Waals surface area contributed by atoms with Crippen LogP contribution in [-0.2, 0) is 9.59 Å². The SMILES string of the molecule is CC(=O)O.CC(=O)O.CCC(O)CCO. The summed E-state index contributed by atoms with van der Waals surface area (Å²) in [5.74, 6) is -1.67. The maximum atomic E-state index is 9.00. The lowest BCUT2D eigenvalue weighted by Gasteiger charge is -2.01. The number of carbonyl (C=O) groups is 2. The lowest BCUT2D eigenvalue weighted by molar-refractivity contribution is -0.135. The Hall–Kier alpha value is -1.14. The summed E-state index contributed by atoms with van der Waals surface area (Å²) in [6.07, 6.45) is 0.946. The zero-order valence-electron chi connectivity index (χ0n) is 9.30. The molecule has 0 fully saturated rings. The summed E-state index contributed by atoms with van der Waals surface area (Å²) in [5.41, 5.74) is 0. The lowest BCUT2D eigenvalue weighted by atomic mass is 10.2. The molecule has 0 bridgehead atoms. The van der Waals surface area contributed by atoms with Gasteiger partial charge >= 0.3 is 0 Å². The van der Waals surface area contributed by atoms with Gasteiger partial charge in [-0.3, -0.25) is 9.59 Å². The van der Waals surface area contributed by atoms with E-state index in [0.29, 0.717) is 6.42 Å². The predicted molar refractivity (Wildman–Crippen MR) is 54.6 cm³/mol. The summed E-state index contributed by atoms with van der Waals surface area (Å²) < 4.78 is 0. The minimum atomic E-state index is -0.833. The molecule has 0 aliphatic carbocycles. The molecule has 6 heteroatoms. The second kappa shape index (κ2) is 15.3. The third kappa shape index (κ3) is 102. The Morgan fingerprint density at radius 1 is 1.13 bits per heavy atom. The van der Waals surface area contributed by atoms with Crippen LogP contribution in [-0.4, -0.2) is 45.1 Å². The fraction of sp³-hybridized carbons (Fsp3) is 0.778. The van der Waals surface area contributed by atoms with Gasteiger partial charge < -0.3 is 20.4 Å². The van der Waals surface area contributed by atoms with E-state index in [1.54, 1.807) is 0 Å². The van der Waals surface area contributed by atoms with Gasteiger partial charge in [0.1, 0.15) is 0 Å². The second-order valence-electron chi connectivity index (χ2n) is 2.61. The number of carboxylic acid groups (broad SMARTS) is 2. The molecule has 0 amide bonds. The molecule has 92 valence electrons. The van der Waals surface area contributed by atoms with Gasteiger partial charge in [-0.15, -0.1) is 0 Å². The lowest BCUT2D eigenvalue weighted by Crippen LogP contribution is -2.05. The van der Waals surface area contributed by atoms with Crippen LogP contribution in [0.1, 0.15) is 33.6 Å². The van der Waals surface area contributed by atoms with Crippen LogP contribution < -0.4 is 0 Å². The van der Waals surface area contributed by atoms with Gasteiger partial charge in [0.25, 0.3) is 11.9 Å². The van der Waals surface area contributed by atoms with Gasteiger partial charge in [0, 0.05) is 20.5 Å². The maximum absolute atomic E-state index is 9.00. The molecule has 0 aliphatic heterocycles. The van der Waals surface area contributed by atoms with Gasteiger partial charge in [-0.25, -0.2) is 0 Å². The van der Waals surface area contributed by atoms with Gasteiger partial charge in [0.2, 0.25) is 0 Å². The van der Waals surface area contributed by atoms with Crippen molar-refractivity contribution in [2.45, 2.75) is 39.7 Å². The molecule has 0 aromatic rings. The highest BCUT2D eigenvalue weighted by atomic mass is 16.4. The molecular formula is C9H20O6. The Bertz CT molecular complexity index is 137. The molecule has 0 aliphatic rings. The molecule has 0 aromatic carbocycles. The summed E-state index contributed by atoms with van der Waals surface area (Å²) in [7, 11) is 0. The molecule has 15 heavy (non-hydrogen) atoms. The van der Waals surface area contributed by atoms with Crippen molar-refractivity contribution in [1.29, 1.82) is 0 Å². The van der Waals surface area contributed by atoms with E-state index in [1.165, 1.54) is 0 Å². The Kier molecular flexibility index (Phi) is 19.9. The van der Waals surface area contributed by atoms with Crippen LogP contribution >= 0.6 is 0 Å². The molecule has 0 aromatic heterocycles. The highest BCUT2D eigenvalue weighted by Gasteiger charge is 1.95. The van der Waals surface area contributed by atoms with Gasteiger partial charge in [0.15, 0.2) is 0 Å². The Morgan fingerprint density at radius 2 is 1.40 bits per heavy atom. The molecule has 0 saturated heterocycles. The number of aliphatic hydroxyl groups excluding tert-OH is 2. The van der Waals surface area contributed by atoms with Crippen LogP contribution in [0.4, 0.5) is 0 Å². The van der Waals surface area contributed by atoms with Gasteiger partial charge in [-0.2, -0.15) is 0 Å². The zero-order valence-corrected chi connectivity index (χ0v) is 9.30. The first-order valence-corrected chi connectivity index (χ1v) is 4.45. The summed E-state index contributed by atoms with van der Waals surface area (Å²) in [6.45, 7) is 4.15. The van der Waals surface area contributed by atoms with E-state index in [2.05, 4.69) is 0 Å². The van der Waals surface area contributed by atoms with Crippen molar-refractivity contribution in [3.63, 3.8) is 0 Å². The first kappa shape index (κ1) is 19.4. The van der Waals surface area contributed by atoms with Crippen molar-refractivity contribution >= 4 is 11.9 Å². The number of aliphatic carboxylic acids is 2. The number of carboxylic acids is 2. The van der Waals surface area contributed by atoms with Crippen LogP contribution in [0.25, 0.3) is 0 Å². The smallest absolute Gasteiger partial charge is 0.300 e. The monoisotopic (exact) mass is 224 g/mol. The molecule has 1 atom stereocenters. The van der Waals surface area contributed by atoms with Crippen molar-refractivity contribution in [2.24, 2.45) is 0 Å². The van der Waals surface area contributed by atoms with Crippen LogP contribution in [0.3, 0.4) is 0 Å². The number of hydrogen-bond acceptors (Lipinski definition) is 4. The quantitative estimate of drug-likeness (QED) is 0.549. The van der Waals surface area contributed by atoms with Crippen molar-refractivity contribution in [3.05, 3.63) is 0 Å². The first-order valence-electron chi connectivity index (χ1n) is 4.45. The van der Waals surface area contributed by atoms with E-state index in [-0.39, 0.29) is 12.7 Å². The van der Waals surface area contributed by atoms with E-state index in [4.69, 9.17) is 30.0 Å². The molecule has 4 N–H and O–H groups in total. The third-order valence-electron chi connectivity index (χ3n) is 0.934. The maximum Gasteiger partial charge on any atom is 0.300 e. The second-order valence-corrected chi connectivity index (χ2v) is 2.61. The van der Waals surface area contributed by atoms with Gasteiger partial charge in [0.05, 0.1) is 6.10 Å². The summed E-state index contributed by atoms with van der Waals surface area (Å²) in [5, 5.41) is 31.7.